The maximum atomic E-state index is 10.9. The fourth-order valence-electron chi connectivity index (χ4n) is 3.48. The summed E-state index contributed by atoms with van der Waals surface area (Å²) in [5.41, 5.74) is 6.90. The summed E-state index contributed by atoms with van der Waals surface area (Å²) in [6.07, 6.45) is 11.6. The Balaban J connectivity index is 0.000000197. The van der Waals surface area contributed by atoms with Crippen LogP contribution in [-0.4, -0.2) is 26.5 Å². The Hall–Kier alpha value is -3.15. The number of primary amides is 1. The zero-order chi connectivity index (χ0) is 19.2. The average molecular weight is 365 g/mol. The standard InChI is InChI=1S/C15H17NO2.C6H6N2O/c17-15(18)12-6-7-14-11(10-12)8-9-16(14)13-4-2-1-3-5-13;7-6(9)5-2-1-3-8-4-5/h6-10,13H,1-5H2,(H,17,18);1-4H,(H2,7,9). The second-order valence-corrected chi connectivity index (χ2v) is 6.70. The van der Waals surface area contributed by atoms with E-state index in [0.717, 1.165) is 10.9 Å². The molecule has 3 aromatic rings. The van der Waals surface area contributed by atoms with Crippen LogP contribution in [0.3, 0.4) is 0 Å². The summed E-state index contributed by atoms with van der Waals surface area (Å²) < 4.78 is 2.32. The largest absolute Gasteiger partial charge is 0.478 e. The van der Waals surface area contributed by atoms with Gasteiger partial charge in [-0.2, -0.15) is 0 Å². The first-order valence-corrected chi connectivity index (χ1v) is 9.10. The van der Waals surface area contributed by atoms with E-state index in [9.17, 15) is 9.59 Å². The number of aromatic nitrogens is 2. The molecule has 0 bridgehead atoms. The third-order valence-corrected chi connectivity index (χ3v) is 4.88. The highest BCUT2D eigenvalue weighted by molar-refractivity contribution is 5.93. The molecule has 4 rings (SSSR count). The van der Waals surface area contributed by atoms with E-state index < -0.39 is 11.9 Å². The number of nitrogens with two attached hydrogens (primary N) is 1. The third-order valence-electron chi connectivity index (χ3n) is 4.88. The molecule has 6 heteroatoms. The average Bonchev–Trinajstić information content (AvgIpc) is 3.13. The zero-order valence-electron chi connectivity index (χ0n) is 15.0. The minimum Gasteiger partial charge on any atom is -0.478 e. The lowest BCUT2D eigenvalue weighted by molar-refractivity contribution is 0.0696. The number of carboxylic acid groups (broad SMARTS) is 1. The van der Waals surface area contributed by atoms with Gasteiger partial charge in [-0.25, -0.2) is 4.79 Å². The molecule has 0 atom stereocenters. The monoisotopic (exact) mass is 365 g/mol. The second kappa shape index (κ2) is 8.49. The van der Waals surface area contributed by atoms with Crippen molar-refractivity contribution in [2.75, 3.05) is 0 Å². The molecule has 3 N–H and O–H groups in total. The van der Waals surface area contributed by atoms with Crippen molar-refractivity contribution >= 4 is 22.8 Å². The number of benzene rings is 1. The van der Waals surface area contributed by atoms with Crippen molar-refractivity contribution < 1.29 is 14.7 Å². The van der Waals surface area contributed by atoms with Crippen molar-refractivity contribution in [3.63, 3.8) is 0 Å². The van der Waals surface area contributed by atoms with Gasteiger partial charge in [-0.15, -0.1) is 0 Å². The van der Waals surface area contributed by atoms with E-state index >= 15 is 0 Å². The van der Waals surface area contributed by atoms with E-state index in [-0.39, 0.29) is 0 Å². The molecule has 0 spiro atoms. The summed E-state index contributed by atoms with van der Waals surface area (Å²) in [5, 5.41) is 10.0. The summed E-state index contributed by atoms with van der Waals surface area (Å²) in [4.78, 5) is 25.0. The van der Waals surface area contributed by atoms with Crippen molar-refractivity contribution in [3.8, 4) is 0 Å². The molecule has 1 aromatic carbocycles. The van der Waals surface area contributed by atoms with Crippen LogP contribution in [0.2, 0.25) is 0 Å². The Morgan fingerprint density at radius 3 is 2.44 bits per heavy atom. The van der Waals surface area contributed by atoms with E-state index in [0.29, 0.717) is 17.2 Å². The van der Waals surface area contributed by atoms with Crippen LogP contribution in [0.5, 0.6) is 0 Å². The molecule has 140 valence electrons. The van der Waals surface area contributed by atoms with Crippen LogP contribution < -0.4 is 5.73 Å². The fourth-order valence-corrected chi connectivity index (χ4v) is 3.48. The highest BCUT2D eigenvalue weighted by Gasteiger charge is 2.17. The van der Waals surface area contributed by atoms with Gasteiger partial charge < -0.3 is 15.4 Å². The fraction of sp³-hybridized carbons (Fsp3) is 0.286. The van der Waals surface area contributed by atoms with Gasteiger partial charge in [0.25, 0.3) is 0 Å². The number of carbonyl (C=O) groups is 2. The molecule has 0 saturated heterocycles. The number of fused-ring (bicyclic) bond motifs is 1. The van der Waals surface area contributed by atoms with Crippen molar-refractivity contribution in [1.82, 2.24) is 9.55 Å². The Kier molecular flexibility index (Phi) is 5.86. The van der Waals surface area contributed by atoms with Crippen LogP contribution in [0, 0.1) is 0 Å². The molecular weight excluding hydrogens is 342 g/mol. The number of amides is 1. The molecule has 1 amide bonds. The zero-order valence-corrected chi connectivity index (χ0v) is 15.0. The van der Waals surface area contributed by atoms with Crippen LogP contribution in [0.4, 0.5) is 0 Å². The number of pyridine rings is 1. The van der Waals surface area contributed by atoms with Crippen LogP contribution in [0.1, 0.15) is 58.9 Å². The van der Waals surface area contributed by atoms with Gasteiger partial charge >= 0.3 is 5.97 Å². The molecule has 0 aliphatic heterocycles. The van der Waals surface area contributed by atoms with Gasteiger partial charge in [0.2, 0.25) is 5.91 Å². The Morgan fingerprint density at radius 1 is 1.07 bits per heavy atom. The minimum absolute atomic E-state index is 0.365. The third kappa shape index (κ3) is 4.53. The Bertz CT molecular complexity index is 928. The van der Waals surface area contributed by atoms with Gasteiger partial charge in [-0.3, -0.25) is 9.78 Å². The van der Waals surface area contributed by atoms with E-state index in [4.69, 9.17) is 10.8 Å². The van der Waals surface area contributed by atoms with E-state index in [2.05, 4.69) is 15.7 Å². The van der Waals surface area contributed by atoms with Crippen LogP contribution in [0.25, 0.3) is 10.9 Å². The van der Waals surface area contributed by atoms with E-state index in [1.807, 2.05) is 12.1 Å². The van der Waals surface area contributed by atoms with Gasteiger partial charge in [0.15, 0.2) is 0 Å². The molecule has 1 saturated carbocycles. The van der Waals surface area contributed by atoms with E-state index in [1.54, 1.807) is 30.5 Å². The first kappa shape index (κ1) is 18.6. The lowest BCUT2D eigenvalue weighted by Crippen LogP contribution is -2.11. The molecule has 1 fully saturated rings. The minimum atomic E-state index is -0.859. The lowest BCUT2D eigenvalue weighted by atomic mass is 9.95. The van der Waals surface area contributed by atoms with Crippen molar-refractivity contribution in [2.45, 2.75) is 38.1 Å². The van der Waals surface area contributed by atoms with Crippen molar-refractivity contribution in [1.29, 1.82) is 0 Å². The molecule has 1 aliphatic carbocycles. The van der Waals surface area contributed by atoms with Gasteiger partial charge in [-0.1, -0.05) is 19.3 Å². The van der Waals surface area contributed by atoms with Crippen molar-refractivity contribution in [2.24, 2.45) is 5.73 Å². The van der Waals surface area contributed by atoms with Gasteiger partial charge in [0.05, 0.1) is 11.1 Å². The highest BCUT2D eigenvalue weighted by atomic mass is 16.4. The molecule has 0 radical (unpaired) electrons. The quantitative estimate of drug-likeness (QED) is 0.732. The maximum absolute atomic E-state index is 10.9. The Labute approximate surface area is 157 Å². The Morgan fingerprint density at radius 2 is 1.85 bits per heavy atom. The number of carbonyl (C=O) groups excluding carboxylic acids is 1. The lowest BCUT2D eigenvalue weighted by Gasteiger charge is -2.24. The van der Waals surface area contributed by atoms with Gasteiger partial charge in [0.1, 0.15) is 0 Å². The molecular formula is C21H23N3O3. The van der Waals surface area contributed by atoms with Crippen LogP contribution >= 0.6 is 0 Å². The normalized spacial score (nSPS) is 14.4. The molecule has 2 aromatic heterocycles. The summed E-state index contributed by atoms with van der Waals surface area (Å²) in [6, 6.07) is 11.3. The maximum Gasteiger partial charge on any atom is 0.335 e. The number of hydrogen-bond acceptors (Lipinski definition) is 3. The van der Waals surface area contributed by atoms with Crippen LogP contribution in [0.15, 0.2) is 55.0 Å². The SMILES string of the molecule is NC(=O)c1cccnc1.O=C(O)c1ccc2c(ccn2C2CCCCC2)c1. The number of aromatic carboxylic acids is 1. The summed E-state index contributed by atoms with van der Waals surface area (Å²) in [7, 11) is 0. The molecule has 2 heterocycles. The number of nitrogens with zero attached hydrogens (tertiary/aromatic N) is 2. The number of rotatable bonds is 3. The summed E-state index contributed by atoms with van der Waals surface area (Å²) in [6.45, 7) is 0. The number of carboxylic acids is 1. The van der Waals surface area contributed by atoms with Crippen LogP contribution in [-0.2, 0) is 0 Å². The van der Waals surface area contributed by atoms with E-state index in [1.165, 1.54) is 38.3 Å². The predicted molar refractivity (Wildman–Crippen MR) is 104 cm³/mol. The number of hydrogen-bond donors (Lipinski definition) is 2. The molecule has 27 heavy (non-hydrogen) atoms. The van der Waals surface area contributed by atoms with Crippen molar-refractivity contribution in [3.05, 3.63) is 66.1 Å². The predicted octanol–water partition coefficient (Wildman–Crippen LogP) is 4.03. The smallest absolute Gasteiger partial charge is 0.335 e. The molecule has 6 nitrogen and oxygen atoms in total. The summed E-state index contributed by atoms with van der Waals surface area (Å²) in [5.74, 6) is -1.30. The van der Waals surface area contributed by atoms with Gasteiger partial charge in [0, 0.05) is 35.5 Å². The topological polar surface area (TPSA) is 98.2 Å². The van der Waals surface area contributed by atoms with Gasteiger partial charge in [-0.05, 0) is 49.2 Å². The first-order chi connectivity index (χ1) is 13.1. The molecule has 0 unspecified atom stereocenters. The highest BCUT2D eigenvalue weighted by Crippen LogP contribution is 2.31. The second-order valence-electron chi connectivity index (χ2n) is 6.70. The first-order valence-electron chi connectivity index (χ1n) is 9.10. The molecule has 1 aliphatic rings. The summed E-state index contributed by atoms with van der Waals surface area (Å²) >= 11 is 0.